The molecule has 1 aliphatic carbocycles. The minimum absolute atomic E-state index is 0.0300. The number of ketones is 1. The summed E-state index contributed by atoms with van der Waals surface area (Å²) in [6.07, 6.45) is 15.6. The van der Waals surface area contributed by atoms with Crippen LogP contribution in [0.15, 0.2) is 71.9 Å². The maximum Gasteiger partial charge on any atom is 0.178 e. The van der Waals surface area contributed by atoms with Crippen molar-refractivity contribution in [2.24, 2.45) is 4.99 Å². The maximum atomic E-state index is 11.2. The lowest BCUT2D eigenvalue weighted by Crippen LogP contribution is -2.26. The van der Waals surface area contributed by atoms with Crippen LogP contribution >= 0.6 is 0 Å². The first-order valence-corrected chi connectivity index (χ1v) is 6.73. The summed E-state index contributed by atoms with van der Waals surface area (Å²) in [5, 5.41) is 13.1. The normalized spacial score (nSPS) is 19.1. The second-order valence-electron chi connectivity index (χ2n) is 4.79. The number of carbonyl (C=O) groups excluding carboxylic acids is 1. The van der Waals surface area contributed by atoms with E-state index in [2.05, 4.69) is 25.8 Å². The molecule has 3 N–H and O–H groups in total. The monoisotopic (exact) mass is 292 g/mol. The second kappa shape index (κ2) is 4.88. The number of allylic oxidation sites excluding steroid dienone is 4. The van der Waals surface area contributed by atoms with Crippen molar-refractivity contribution < 1.29 is 4.79 Å². The van der Waals surface area contributed by atoms with Crippen LogP contribution in [0, 0.1) is 0 Å². The Morgan fingerprint density at radius 2 is 2.00 bits per heavy atom. The van der Waals surface area contributed by atoms with Crippen LogP contribution in [0.1, 0.15) is 5.56 Å². The van der Waals surface area contributed by atoms with Crippen molar-refractivity contribution in [1.29, 1.82) is 0 Å². The van der Waals surface area contributed by atoms with Crippen LogP contribution in [-0.2, 0) is 4.79 Å². The van der Waals surface area contributed by atoms with Crippen LogP contribution in [0.25, 0.3) is 5.70 Å². The van der Waals surface area contributed by atoms with Gasteiger partial charge < -0.3 is 10.6 Å². The van der Waals surface area contributed by atoms with E-state index in [0.717, 1.165) is 17.1 Å². The van der Waals surface area contributed by atoms with Gasteiger partial charge in [0.15, 0.2) is 17.4 Å². The molecule has 0 unspecified atom stereocenters. The molecule has 7 nitrogen and oxygen atoms in total. The van der Waals surface area contributed by atoms with Crippen LogP contribution in [0.5, 0.6) is 0 Å². The Balaban J connectivity index is 1.67. The molecule has 3 heterocycles. The summed E-state index contributed by atoms with van der Waals surface area (Å²) in [7, 11) is 0. The fourth-order valence-corrected chi connectivity index (χ4v) is 2.34. The third-order valence-corrected chi connectivity index (χ3v) is 3.39. The number of fused-ring (bicyclic) bond motifs is 1. The van der Waals surface area contributed by atoms with Crippen molar-refractivity contribution in [2.75, 3.05) is 0 Å². The van der Waals surface area contributed by atoms with E-state index in [1.807, 2.05) is 29.7 Å². The van der Waals surface area contributed by atoms with Gasteiger partial charge in [-0.25, -0.2) is 4.99 Å². The topological polar surface area (TPSA) is 85.4 Å². The largest absolute Gasteiger partial charge is 0.343 e. The summed E-state index contributed by atoms with van der Waals surface area (Å²) < 4.78 is 0. The Labute approximate surface area is 126 Å². The molecule has 108 valence electrons. The van der Waals surface area contributed by atoms with Gasteiger partial charge in [-0.3, -0.25) is 14.8 Å². The molecule has 0 aromatic carbocycles. The lowest BCUT2D eigenvalue weighted by atomic mass is 10.2. The van der Waals surface area contributed by atoms with Gasteiger partial charge in [-0.1, -0.05) is 0 Å². The van der Waals surface area contributed by atoms with E-state index in [1.54, 1.807) is 18.3 Å². The van der Waals surface area contributed by atoms with Crippen molar-refractivity contribution in [1.82, 2.24) is 25.7 Å². The third kappa shape index (κ3) is 2.05. The zero-order chi connectivity index (χ0) is 14.9. The van der Waals surface area contributed by atoms with Crippen molar-refractivity contribution in [3.63, 3.8) is 0 Å². The van der Waals surface area contributed by atoms with E-state index < -0.39 is 0 Å². The molecule has 0 saturated heterocycles. The summed E-state index contributed by atoms with van der Waals surface area (Å²) >= 11 is 0. The molecule has 0 bridgehead atoms. The van der Waals surface area contributed by atoms with Crippen molar-refractivity contribution in [3.8, 4) is 0 Å². The number of aliphatic imine (C=N–C) groups is 1. The molecule has 22 heavy (non-hydrogen) atoms. The third-order valence-electron chi connectivity index (χ3n) is 3.39. The fourth-order valence-electron chi connectivity index (χ4n) is 2.34. The smallest absolute Gasteiger partial charge is 0.178 e. The van der Waals surface area contributed by atoms with Crippen molar-refractivity contribution in [3.05, 3.63) is 72.5 Å². The lowest BCUT2D eigenvalue weighted by molar-refractivity contribution is -0.110. The summed E-state index contributed by atoms with van der Waals surface area (Å²) in [5.41, 5.74) is 2.66. The highest BCUT2D eigenvalue weighted by molar-refractivity contribution is 6.16. The highest BCUT2D eigenvalue weighted by atomic mass is 16.1. The quantitative estimate of drug-likeness (QED) is 0.707. The van der Waals surface area contributed by atoms with Gasteiger partial charge in [0.25, 0.3) is 0 Å². The van der Waals surface area contributed by atoms with Crippen LogP contribution in [0.2, 0.25) is 0 Å². The Kier molecular flexibility index (Phi) is 2.75. The van der Waals surface area contributed by atoms with Gasteiger partial charge in [-0.05, 0) is 24.3 Å². The highest BCUT2D eigenvalue weighted by Gasteiger charge is 2.26. The number of hydrogen-bond donors (Lipinski definition) is 3. The summed E-state index contributed by atoms with van der Waals surface area (Å²) in [6.45, 7) is 0. The van der Waals surface area contributed by atoms with E-state index in [9.17, 15) is 4.79 Å². The fraction of sp³-hybridized carbons (Fsp3) is 0. The number of carbonyl (C=O) groups is 1. The van der Waals surface area contributed by atoms with E-state index in [4.69, 9.17) is 0 Å². The zero-order valence-electron chi connectivity index (χ0n) is 11.4. The molecule has 0 atom stereocenters. The van der Waals surface area contributed by atoms with Gasteiger partial charge >= 0.3 is 0 Å². The van der Waals surface area contributed by atoms with Gasteiger partial charge in [0.05, 0.1) is 17.6 Å². The summed E-state index contributed by atoms with van der Waals surface area (Å²) in [4.78, 5) is 17.7. The lowest BCUT2D eigenvalue weighted by Gasteiger charge is -2.23. The molecular weight excluding hydrogens is 280 g/mol. The molecule has 0 amide bonds. The van der Waals surface area contributed by atoms with Crippen LogP contribution in [0.4, 0.5) is 0 Å². The number of aromatic amines is 1. The highest BCUT2D eigenvalue weighted by Crippen LogP contribution is 2.29. The molecule has 3 aliphatic rings. The average molecular weight is 292 g/mol. The first-order chi connectivity index (χ1) is 10.8. The first-order valence-electron chi connectivity index (χ1n) is 6.73. The molecule has 0 spiro atoms. The van der Waals surface area contributed by atoms with Crippen molar-refractivity contribution in [2.45, 2.75) is 0 Å². The first kappa shape index (κ1) is 12.4. The molecule has 4 rings (SSSR count). The van der Waals surface area contributed by atoms with E-state index >= 15 is 0 Å². The number of rotatable bonds is 2. The van der Waals surface area contributed by atoms with E-state index in [1.165, 1.54) is 12.2 Å². The molecule has 1 aromatic rings. The summed E-state index contributed by atoms with van der Waals surface area (Å²) in [6, 6.07) is 0. The number of aromatic nitrogens is 2. The zero-order valence-corrected chi connectivity index (χ0v) is 11.4. The minimum atomic E-state index is -0.0300. The minimum Gasteiger partial charge on any atom is -0.343 e. The molecule has 1 aromatic heterocycles. The number of hydrogen-bond acceptors (Lipinski definition) is 6. The second-order valence-corrected chi connectivity index (χ2v) is 4.79. The molecule has 0 saturated carbocycles. The summed E-state index contributed by atoms with van der Waals surface area (Å²) in [5.74, 6) is 1.47. The van der Waals surface area contributed by atoms with Crippen molar-refractivity contribution >= 4 is 17.2 Å². The van der Waals surface area contributed by atoms with Crippen LogP contribution in [-0.4, -0.2) is 26.6 Å². The average Bonchev–Trinajstić information content (AvgIpc) is 3.18. The Morgan fingerprint density at radius 1 is 1.14 bits per heavy atom. The molecule has 0 fully saturated rings. The SMILES string of the molecule is O=C1C=CC(=NC2=C3NC=C(c4cn[nH]c4)N3C=CN2)C=C1. The van der Waals surface area contributed by atoms with Gasteiger partial charge in [-0.15, -0.1) is 0 Å². The number of H-pyrrole nitrogens is 1. The van der Waals surface area contributed by atoms with Gasteiger partial charge in [0.1, 0.15) is 0 Å². The maximum absolute atomic E-state index is 11.2. The Morgan fingerprint density at radius 3 is 2.77 bits per heavy atom. The molecule has 0 radical (unpaired) electrons. The van der Waals surface area contributed by atoms with Gasteiger partial charge in [0.2, 0.25) is 0 Å². The predicted octanol–water partition coefficient (Wildman–Crippen LogP) is 0.950. The van der Waals surface area contributed by atoms with E-state index in [-0.39, 0.29) is 5.78 Å². The van der Waals surface area contributed by atoms with Gasteiger partial charge in [0, 0.05) is 30.4 Å². The van der Waals surface area contributed by atoms with Crippen LogP contribution < -0.4 is 10.6 Å². The number of nitrogens with one attached hydrogen (secondary N) is 3. The van der Waals surface area contributed by atoms with Gasteiger partial charge in [-0.2, -0.15) is 5.10 Å². The molecular formula is C15H12N6O. The Hall–Kier alpha value is -3.35. The Bertz CT molecular complexity index is 789. The molecule has 2 aliphatic heterocycles. The number of nitrogens with zero attached hydrogens (tertiary/aromatic N) is 3. The predicted molar refractivity (Wildman–Crippen MR) is 81.6 cm³/mol. The molecule has 7 heteroatoms. The standard InChI is InChI=1S/C15H12N6O/c22-12-3-1-11(2-4-12)20-14-15-17-9-13(10-7-18-19-8-10)21(15)6-5-16-14/h1-9,16-17H,(H,18,19). The van der Waals surface area contributed by atoms with Crippen LogP contribution in [0.3, 0.4) is 0 Å². The van der Waals surface area contributed by atoms with E-state index in [0.29, 0.717) is 11.5 Å².